The van der Waals surface area contributed by atoms with Crippen LogP contribution >= 0.6 is 0 Å². The van der Waals surface area contributed by atoms with Gasteiger partial charge in [-0.15, -0.1) is 0 Å². The third kappa shape index (κ3) is 11.5. The molecule has 0 atom stereocenters. The second-order valence-corrected chi connectivity index (χ2v) is 34.1. The van der Waals surface area contributed by atoms with Gasteiger partial charge < -0.3 is 9.80 Å². The van der Waals surface area contributed by atoms with E-state index in [2.05, 4.69) is 509 Å². The maximum absolute atomic E-state index is 2.45. The van der Waals surface area contributed by atoms with Crippen molar-refractivity contribution in [1.82, 2.24) is 0 Å². The highest BCUT2D eigenvalue weighted by Crippen LogP contribution is 2.67. The fourth-order valence-corrected chi connectivity index (χ4v) is 21.8. The van der Waals surface area contributed by atoms with Gasteiger partial charge in [0.25, 0.3) is 0 Å². The van der Waals surface area contributed by atoms with Crippen molar-refractivity contribution in [3.05, 3.63) is 563 Å². The summed E-state index contributed by atoms with van der Waals surface area (Å²) in [4.78, 5) is 4.84. The van der Waals surface area contributed by atoms with Crippen LogP contribution in [-0.2, 0) is 21.7 Å². The average Bonchev–Trinajstić information content (AvgIpc) is 1.41. The van der Waals surface area contributed by atoms with Crippen LogP contribution in [-0.4, -0.2) is 0 Å². The highest BCUT2D eigenvalue weighted by Gasteiger charge is 2.58. The largest absolute Gasteiger partial charge is 0.310 e. The molecule has 20 aromatic rings. The van der Waals surface area contributed by atoms with Crippen LogP contribution in [0, 0.1) is 0 Å². The molecule has 0 fully saturated rings. The van der Waals surface area contributed by atoms with Crippen molar-refractivity contribution in [3.8, 4) is 66.8 Å². The molecule has 4 aliphatic carbocycles. The molecule has 2 heteroatoms. The molecule has 0 saturated carbocycles. The standard InChI is InChI=1S/C66H45N.C56H41N/c1-4-18-46(19-5-1)48-34-38-54(39-35-48)67(55-40-36-49(37-41-55)51-33-32-47-20-10-11-21-50(47)44-51)56-42-43-60-58(45-56)57-26-12-13-27-59(57)66(60)63-30-16-14-28-61(63)65(52-22-6-2-7-23-52,53-24-8-3-9-25-53)62-29-15-17-31-64(62)66;1-55(2)51-20-10-12-22-53(51)56(54-23-13-11-21-52(54)55)49-19-9-8-18-47(49)48-37-46(34-35-50(48)56)57(44-30-26-40(27-31-44)38-14-4-3-5-15-38)45-32-28-41(29-33-45)43-25-24-39-16-6-7-17-42(39)36-43/h1-45H;3-37H,1-2H3. The Hall–Kier alpha value is -15.5. The molecule has 4 aliphatic rings. The van der Waals surface area contributed by atoms with Crippen molar-refractivity contribution in [1.29, 1.82) is 0 Å². The van der Waals surface area contributed by atoms with Crippen LogP contribution in [0.5, 0.6) is 0 Å². The molecule has 0 amide bonds. The molecule has 2 nitrogen and oxygen atoms in total. The fraction of sp³-hybridized carbons (Fsp3) is 0.0492. The summed E-state index contributed by atoms with van der Waals surface area (Å²) in [6.07, 6.45) is 0. The summed E-state index contributed by atoms with van der Waals surface area (Å²) in [5.74, 6) is 0. The third-order valence-electron chi connectivity index (χ3n) is 27.3. The topological polar surface area (TPSA) is 6.48 Å². The predicted molar refractivity (Wildman–Crippen MR) is 518 cm³/mol. The normalized spacial score (nSPS) is 13.8. The maximum atomic E-state index is 2.45. The first kappa shape index (κ1) is 73.6. The first-order chi connectivity index (χ1) is 61.2. The second-order valence-electron chi connectivity index (χ2n) is 34.1. The Morgan fingerprint density at radius 2 is 0.379 bits per heavy atom. The van der Waals surface area contributed by atoms with Gasteiger partial charge in [-0.3, -0.25) is 0 Å². The molecule has 24 rings (SSSR count). The fourth-order valence-electron chi connectivity index (χ4n) is 21.8. The Balaban J connectivity index is 0.000000145. The number of fused-ring (bicyclic) bond motifs is 20. The van der Waals surface area contributed by atoms with E-state index in [4.69, 9.17) is 0 Å². The van der Waals surface area contributed by atoms with Gasteiger partial charge in [0.05, 0.1) is 16.2 Å². The van der Waals surface area contributed by atoms with E-state index in [-0.39, 0.29) is 5.41 Å². The number of anilines is 6. The van der Waals surface area contributed by atoms with Gasteiger partial charge in [0.15, 0.2) is 0 Å². The Morgan fingerprint density at radius 3 is 0.726 bits per heavy atom. The van der Waals surface area contributed by atoms with E-state index in [0.717, 1.165) is 34.1 Å². The summed E-state index contributed by atoms with van der Waals surface area (Å²) in [6, 6.07) is 180. The minimum Gasteiger partial charge on any atom is -0.310 e. The molecule has 124 heavy (non-hydrogen) atoms. The minimum absolute atomic E-state index is 0.127. The molecule has 0 N–H and O–H groups in total. The lowest BCUT2D eigenvalue weighted by molar-refractivity contribution is 0.563. The van der Waals surface area contributed by atoms with Crippen LogP contribution < -0.4 is 9.80 Å². The average molecular weight is 1580 g/mol. The van der Waals surface area contributed by atoms with Gasteiger partial charge in [0.2, 0.25) is 0 Å². The zero-order chi connectivity index (χ0) is 82.5. The highest BCUT2D eigenvalue weighted by atomic mass is 15.1. The Labute approximate surface area is 725 Å². The zero-order valence-electron chi connectivity index (χ0n) is 69.1. The van der Waals surface area contributed by atoms with Crippen LogP contribution in [0.3, 0.4) is 0 Å². The van der Waals surface area contributed by atoms with E-state index in [9.17, 15) is 0 Å². The Kier molecular flexibility index (Phi) is 17.7. The van der Waals surface area contributed by atoms with Gasteiger partial charge in [0.1, 0.15) is 0 Å². The van der Waals surface area contributed by atoms with Gasteiger partial charge in [-0.1, -0.05) is 414 Å². The summed E-state index contributed by atoms with van der Waals surface area (Å²) < 4.78 is 0. The Morgan fingerprint density at radius 1 is 0.145 bits per heavy atom. The summed E-state index contributed by atoms with van der Waals surface area (Å²) in [5, 5.41) is 5.00. The van der Waals surface area contributed by atoms with Crippen LogP contribution in [0.2, 0.25) is 0 Å². The molecule has 20 aromatic carbocycles. The quantitative estimate of drug-likeness (QED) is 0.120. The number of rotatable bonds is 12. The van der Waals surface area contributed by atoms with Crippen molar-refractivity contribution in [3.63, 3.8) is 0 Å². The lowest BCUT2D eigenvalue weighted by Crippen LogP contribution is -2.44. The molecule has 0 aromatic heterocycles. The van der Waals surface area contributed by atoms with Crippen LogP contribution in [0.4, 0.5) is 34.1 Å². The van der Waals surface area contributed by atoms with E-state index in [1.165, 1.54) is 166 Å². The van der Waals surface area contributed by atoms with Crippen LogP contribution in [0.25, 0.3) is 88.3 Å². The smallest absolute Gasteiger partial charge is 0.0720 e. The van der Waals surface area contributed by atoms with Gasteiger partial charge in [-0.2, -0.15) is 0 Å². The molecular weight excluding hydrogens is 1490 g/mol. The summed E-state index contributed by atoms with van der Waals surface area (Å²) >= 11 is 0. The number of benzene rings is 20. The zero-order valence-corrected chi connectivity index (χ0v) is 69.1. The monoisotopic (exact) mass is 1580 g/mol. The lowest BCUT2D eigenvalue weighted by Gasteiger charge is -2.50. The molecule has 0 radical (unpaired) electrons. The first-order valence-electron chi connectivity index (χ1n) is 43.3. The van der Waals surface area contributed by atoms with E-state index in [0.29, 0.717) is 0 Å². The molecule has 2 spiro atoms. The number of hydrogen-bond acceptors (Lipinski definition) is 2. The Bertz CT molecular complexity index is 7340. The van der Waals surface area contributed by atoms with E-state index in [1.807, 2.05) is 0 Å². The maximum Gasteiger partial charge on any atom is 0.0720 e. The van der Waals surface area contributed by atoms with E-state index >= 15 is 0 Å². The first-order valence-corrected chi connectivity index (χ1v) is 43.3. The predicted octanol–water partition coefficient (Wildman–Crippen LogP) is 31.3. The molecule has 0 bridgehead atoms. The van der Waals surface area contributed by atoms with E-state index in [1.54, 1.807) is 0 Å². The molecule has 0 unspecified atom stereocenters. The minimum atomic E-state index is -0.561. The van der Waals surface area contributed by atoms with E-state index < -0.39 is 16.2 Å². The molecule has 584 valence electrons. The number of hydrogen-bond donors (Lipinski definition) is 0. The van der Waals surface area contributed by atoms with Gasteiger partial charge in [-0.25, -0.2) is 0 Å². The van der Waals surface area contributed by atoms with Crippen molar-refractivity contribution in [2.75, 3.05) is 9.80 Å². The highest BCUT2D eigenvalue weighted by molar-refractivity contribution is 5.97. The van der Waals surface area contributed by atoms with Gasteiger partial charge >= 0.3 is 0 Å². The van der Waals surface area contributed by atoms with Gasteiger partial charge in [-0.05, 0) is 251 Å². The van der Waals surface area contributed by atoms with Crippen molar-refractivity contribution < 1.29 is 0 Å². The van der Waals surface area contributed by atoms with Crippen LogP contribution in [0.1, 0.15) is 91.7 Å². The summed E-state index contributed by atoms with van der Waals surface area (Å²) in [5.41, 5.74) is 38.4. The SMILES string of the molecule is CC1(C)c2ccccc2C2(c3ccccc3-c3cc(N(c4ccc(-c5ccccc5)cc4)c4ccc(-c5ccc6ccccc6c5)cc4)ccc32)c2ccccc21.c1ccc(-c2ccc(N(c3ccc(-c4ccc5ccccc5c4)cc3)c3ccc4c(c3)-c3ccccc3C43c4ccccc4C(c4ccccc4)(c4ccccc4)c4ccccc43)cc2)cc1. The third-order valence-corrected chi connectivity index (χ3v) is 27.3. The lowest BCUT2D eigenvalue weighted by atomic mass is 9.51. The number of nitrogens with zero attached hydrogens (tertiary/aromatic N) is 2. The van der Waals surface area contributed by atoms with Crippen LogP contribution in [0.15, 0.2) is 485 Å². The molecule has 0 saturated heterocycles. The van der Waals surface area contributed by atoms with Crippen molar-refractivity contribution in [2.24, 2.45) is 0 Å². The van der Waals surface area contributed by atoms with Gasteiger partial charge in [0, 0.05) is 39.5 Å². The van der Waals surface area contributed by atoms with Crippen molar-refractivity contribution >= 4 is 55.7 Å². The molecule has 0 aliphatic heterocycles. The molecular formula is C122H86N2. The summed E-state index contributed by atoms with van der Waals surface area (Å²) in [6.45, 7) is 4.77. The van der Waals surface area contributed by atoms with Crippen molar-refractivity contribution in [2.45, 2.75) is 35.5 Å². The summed E-state index contributed by atoms with van der Waals surface area (Å²) in [7, 11) is 0. The second kappa shape index (κ2) is 29.7. The molecule has 0 heterocycles.